The monoisotopic (exact) mass is 480 g/mol. The summed E-state index contributed by atoms with van der Waals surface area (Å²) in [7, 11) is 0. The van der Waals surface area contributed by atoms with Crippen molar-refractivity contribution in [1.29, 1.82) is 0 Å². The molecule has 8 heteroatoms. The molecular weight excluding hydrogens is 448 g/mol. The molecule has 0 spiro atoms. The van der Waals surface area contributed by atoms with Gasteiger partial charge in [-0.25, -0.2) is 9.67 Å². The van der Waals surface area contributed by atoms with Crippen LogP contribution in [0.15, 0.2) is 66.7 Å². The Morgan fingerprint density at radius 1 is 0.917 bits per heavy atom. The second-order valence-corrected chi connectivity index (χ2v) is 9.51. The van der Waals surface area contributed by atoms with Gasteiger partial charge in [-0.15, -0.1) is 10.2 Å². The molecular formula is C28H32N8. The molecule has 8 nitrogen and oxygen atoms in total. The lowest BCUT2D eigenvalue weighted by Crippen LogP contribution is -2.08. The van der Waals surface area contributed by atoms with Crippen LogP contribution in [-0.2, 0) is 19.4 Å². The fraction of sp³-hybridized carbons (Fsp3) is 0.321. The molecule has 0 fully saturated rings. The van der Waals surface area contributed by atoms with Gasteiger partial charge >= 0.3 is 0 Å². The number of aromatic nitrogens is 8. The van der Waals surface area contributed by atoms with Gasteiger partial charge in [-0.3, -0.25) is 0 Å². The lowest BCUT2D eigenvalue weighted by atomic mass is 10.1. The summed E-state index contributed by atoms with van der Waals surface area (Å²) in [5, 5.41) is 19.6. The number of aromatic amines is 1. The minimum atomic E-state index is 0.535. The van der Waals surface area contributed by atoms with E-state index in [2.05, 4.69) is 93.1 Å². The van der Waals surface area contributed by atoms with E-state index in [1.807, 2.05) is 24.3 Å². The molecule has 0 amide bonds. The van der Waals surface area contributed by atoms with Crippen LogP contribution in [0.2, 0.25) is 0 Å². The van der Waals surface area contributed by atoms with Crippen LogP contribution in [0.3, 0.4) is 0 Å². The van der Waals surface area contributed by atoms with E-state index in [4.69, 9.17) is 10.1 Å². The lowest BCUT2D eigenvalue weighted by Gasteiger charge is -2.13. The third kappa shape index (κ3) is 5.12. The summed E-state index contributed by atoms with van der Waals surface area (Å²) < 4.78 is 4.25. The number of rotatable bonds is 10. The molecule has 0 atom stereocenters. The fourth-order valence-electron chi connectivity index (χ4n) is 4.44. The number of nitrogens with one attached hydrogen (secondary N) is 1. The highest BCUT2D eigenvalue weighted by Gasteiger charge is 2.17. The quantitative estimate of drug-likeness (QED) is 0.285. The van der Waals surface area contributed by atoms with E-state index in [1.54, 1.807) is 0 Å². The largest absolute Gasteiger partial charge is 0.306 e. The first-order chi connectivity index (χ1) is 17.6. The number of aryl methyl sites for hydroxylation is 1. The Labute approximate surface area is 211 Å². The summed E-state index contributed by atoms with van der Waals surface area (Å²) in [6, 6.07) is 23.1. The van der Waals surface area contributed by atoms with Gasteiger partial charge in [0, 0.05) is 18.5 Å². The van der Waals surface area contributed by atoms with Crippen LogP contribution in [0.4, 0.5) is 0 Å². The molecule has 0 bridgehead atoms. The average Bonchev–Trinajstić information content (AvgIpc) is 3.63. The van der Waals surface area contributed by atoms with Gasteiger partial charge in [0.05, 0.1) is 17.9 Å². The minimum Gasteiger partial charge on any atom is -0.306 e. The van der Waals surface area contributed by atoms with Gasteiger partial charge in [0.25, 0.3) is 0 Å². The molecule has 3 heterocycles. The van der Waals surface area contributed by atoms with Crippen molar-refractivity contribution >= 4 is 0 Å². The second-order valence-electron chi connectivity index (χ2n) is 9.51. The summed E-state index contributed by atoms with van der Waals surface area (Å²) in [5.74, 6) is 3.11. The number of hydrogen-bond donors (Lipinski definition) is 1. The predicted octanol–water partition coefficient (Wildman–Crippen LogP) is 5.51. The molecule has 0 saturated heterocycles. The summed E-state index contributed by atoms with van der Waals surface area (Å²) in [4.78, 5) is 4.85. The third-order valence-corrected chi connectivity index (χ3v) is 6.19. The van der Waals surface area contributed by atoms with E-state index in [0.29, 0.717) is 18.3 Å². The van der Waals surface area contributed by atoms with Crippen LogP contribution in [0.1, 0.15) is 50.8 Å². The summed E-state index contributed by atoms with van der Waals surface area (Å²) in [6.07, 6.45) is 4.12. The van der Waals surface area contributed by atoms with Crippen molar-refractivity contribution in [2.24, 2.45) is 5.92 Å². The smallest absolute Gasteiger partial charge is 0.221 e. The van der Waals surface area contributed by atoms with Crippen molar-refractivity contribution in [3.8, 4) is 28.5 Å². The maximum Gasteiger partial charge on any atom is 0.221 e. The molecule has 0 aliphatic carbocycles. The molecule has 3 aromatic heterocycles. The van der Waals surface area contributed by atoms with E-state index in [9.17, 15) is 0 Å². The van der Waals surface area contributed by atoms with Gasteiger partial charge in [-0.1, -0.05) is 69.7 Å². The van der Waals surface area contributed by atoms with Crippen molar-refractivity contribution in [3.63, 3.8) is 0 Å². The minimum absolute atomic E-state index is 0.535. The molecule has 0 aliphatic rings. The highest BCUT2D eigenvalue weighted by Crippen LogP contribution is 2.31. The summed E-state index contributed by atoms with van der Waals surface area (Å²) in [5.41, 5.74) is 5.29. The molecule has 2 aromatic carbocycles. The van der Waals surface area contributed by atoms with Gasteiger partial charge in [0.1, 0.15) is 5.82 Å². The first kappa shape index (κ1) is 23.7. The van der Waals surface area contributed by atoms with Crippen LogP contribution < -0.4 is 0 Å². The summed E-state index contributed by atoms with van der Waals surface area (Å²) >= 11 is 0. The first-order valence-corrected chi connectivity index (χ1v) is 12.6. The molecule has 184 valence electrons. The van der Waals surface area contributed by atoms with Crippen molar-refractivity contribution in [2.45, 2.75) is 53.0 Å². The zero-order chi connectivity index (χ0) is 24.9. The Bertz CT molecular complexity index is 1380. The Morgan fingerprint density at radius 3 is 2.39 bits per heavy atom. The van der Waals surface area contributed by atoms with Crippen LogP contribution in [0.25, 0.3) is 28.5 Å². The van der Waals surface area contributed by atoms with E-state index in [-0.39, 0.29) is 0 Å². The van der Waals surface area contributed by atoms with Crippen LogP contribution >= 0.6 is 0 Å². The van der Waals surface area contributed by atoms with E-state index >= 15 is 0 Å². The Kier molecular flexibility index (Phi) is 7.02. The van der Waals surface area contributed by atoms with Gasteiger partial charge < -0.3 is 4.57 Å². The maximum atomic E-state index is 4.85. The van der Waals surface area contributed by atoms with E-state index < -0.39 is 0 Å². The van der Waals surface area contributed by atoms with E-state index in [0.717, 1.165) is 60.0 Å². The Balaban J connectivity index is 1.47. The number of benzene rings is 2. The van der Waals surface area contributed by atoms with Gasteiger partial charge in [0.15, 0.2) is 5.82 Å². The SMILES string of the molecule is CCCCc1nc(CC(C)C)nn1Cc1ccc(-n2c(-c3ccccc3)ccc2-c2nn[nH]n2)cc1. The van der Waals surface area contributed by atoms with Gasteiger partial charge in [-0.05, 0) is 52.9 Å². The normalized spacial score (nSPS) is 11.4. The standard InChI is InChI=1S/C28H32N8/c1-4-5-11-27-29-26(18-20(2)3)32-35(27)19-21-12-14-23(15-13-21)36-24(22-9-7-6-8-10-22)16-17-25(36)28-30-33-34-31-28/h6-10,12-17,20H,4-5,11,18-19H2,1-3H3,(H,30,31,33,34). The Hall–Kier alpha value is -4.07. The van der Waals surface area contributed by atoms with Crippen molar-refractivity contribution in [2.75, 3.05) is 0 Å². The summed E-state index contributed by atoms with van der Waals surface area (Å²) in [6.45, 7) is 7.33. The molecule has 5 aromatic rings. The highest BCUT2D eigenvalue weighted by molar-refractivity contribution is 5.70. The van der Waals surface area contributed by atoms with E-state index in [1.165, 1.54) is 5.56 Å². The number of nitrogens with zero attached hydrogens (tertiary/aromatic N) is 7. The maximum absolute atomic E-state index is 4.85. The van der Waals surface area contributed by atoms with Gasteiger partial charge in [0.2, 0.25) is 5.82 Å². The molecule has 5 rings (SSSR count). The molecule has 0 saturated carbocycles. The highest BCUT2D eigenvalue weighted by atomic mass is 15.5. The Morgan fingerprint density at radius 2 is 1.69 bits per heavy atom. The number of H-pyrrole nitrogens is 1. The van der Waals surface area contributed by atoms with Crippen LogP contribution in [0, 0.1) is 5.92 Å². The molecule has 0 aliphatic heterocycles. The molecule has 0 radical (unpaired) electrons. The van der Waals surface area contributed by atoms with Crippen LogP contribution in [0.5, 0.6) is 0 Å². The average molecular weight is 481 g/mol. The predicted molar refractivity (Wildman–Crippen MR) is 141 cm³/mol. The lowest BCUT2D eigenvalue weighted by molar-refractivity contribution is 0.592. The number of hydrogen-bond acceptors (Lipinski definition) is 5. The molecule has 0 unspecified atom stereocenters. The zero-order valence-electron chi connectivity index (χ0n) is 21.1. The topological polar surface area (TPSA) is 90.1 Å². The van der Waals surface area contributed by atoms with Gasteiger partial charge in [-0.2, -0.15) is 10.3 Å². The molecule has 1 N–H and O–H groups in total. The van der Waals surface area contributed by atoms with Crippen molar-refractivity contribution in [3.05, 3.63) is 83.9 Å². The number of tetrazole rings is 1. The molecule has 36 heavy (non-hydrogen) atoms. The first-order valence-electron chi connectivity index (χ1n) is 12.6. The number of unbranched alkanes of at least 4 members (excludes halogenated alkanes) is 1. The fourth-order valence-corrected chi connectivity index (χ4v) is 4.44. The third-order valence-electron chi connectivity index (χ3n) is 6.19. The van der Waals surface area contributed by atoms with Crippen molar-refractivity contribution in [1.82, 2.24) is 40.0 Å². The second kappa shape index (κ2) is 10.7. The van der Waals surface area contributed by atoms with Crippen molar-refractivity contribution < 1.29 is 0 Å². The zero-order valence-corrected chi connectivity index (χ0v) is 21.1. The van der Waals surface area contributed by atoms with Crippen LogP contribution in [-0.4, -0.2) is 40.0 Å².